The lowest BCUT2D eigenvalue weighted by Crippen LogP contribution is -2.20. The van der Waals surface area contributed by atoms with E-state index >= 15 is 0 Å². The van der Waals surface area contributed by atoms with Crippen molar-refractivity contribution < 1.29 is 9.53 Å². The van der Waals surface area contributed by atoms with E-state index in [1.54, 1.807) is 18.3 Å². The van der Waals surface area contributed by atoms with Crippen LogP contribution in [0, 0.1) is 6.92 Å². The zero-order valence-electron chi connectivity index (χ0n) is 13.7. The van der Waals surface area contributed by atoms with Crippen LogP contribution in [0.3, 0.4) is 0 Å². The molecule has 7 heteroatoms. The lowest BCUT2D eigenvalue weighted by Gasteiger charge is -2.14. The van der Waals surface area contributed by atoms with E-state index < -0.39 is 0 Å². The summed E-state index contributed by atoms with van der Waals surface area (Å²) in [6, 6.07) is 9.49. The fraction of sp³-hybridized carbons (Fsp3) is 0.278. The number of para-hydroxylation sites is 1. The van der Waals surface area contributed by atoms with E-state index in [2.05, 4.69) is 15.3 Å². The number of nitrogens with zero attached hydrogens (tertiary/aromatic N) is 2. The van der Waals surface area contributed by atoms with Crippen LogP contribution < -0.4 is 10.1 Å². The Morgan fingerprint density at radius 3 is 3.04 bits per heavy atom. The standard InChI is InChI=1S/C18H17N3O2S2/c1-11-4-2-6-14-15(11)20-18(25-14)21-16(22)13-5-3-8-19-17(13)23-12-7-9-24-10-12/h2-6,8,12H,7,9-10H2,1H3,(H,20,21,22)/t12-/m0/s1. The first-order valence-electron chi connectivity index (χ1n) is 8.07. The zero-order chi connectivity index (χ0) is 17.2. The zero-order valence-corrected chi connectivity index (χ0v) is 15.3. The van der Waals surface area contributed by atoms with Gasteiger partial charge in [-0.25, -0.2) is 9.97 Å². The van der Waals surface area contributed by atoms with Gasteiger partial charge in [0.25, 0.3) is 5.91 Å². The number of carbonyl (C=O) groups excluding carboxylic acids is 1. The van der Waals surface area contributed by atoms with E-state index in [-0.39, 0.29) is 12.0 Å². The summed E-state index contributed by atoms with van der Waals surface area (Å²) in [4.78, 5) is 21.5. The molecule has 5 nitrogen and oxygen atoms in total. The van der Waals surface area contributed by atoms with Crippen LogP contribution in [0.15, 0.2) is 36.5 Å². The second-order valence-corrected chi connectivity index (χ2v) is 8.03. The van der Waals surface area contributed by atoms with Gasteiger partial charge >= 0.3 is 0 Å². The molecule has 0 aliphatic carbocycles. The summed E-state index contributed by atoms with van der Waals surface area (Å²) in [6.45, 7) is 2.01. The Labute approximate surface area is 153 Å². The van der Waals surface area contributed by atoms with E-state index in [9.17, 15) is 4.79 Å². The Bertz CT molecular complexity index is 920. The van der Waals surface area contributed by atoms with Gasteiger partial charge in [-0.2, -0.15) is 11.8 Å². The molecular weight excluding hydrogens is 354 g/mol. The van der Waals surface area contributed by atoms with Gasteiger partial charge in [0, 0.05) is 11.9 Å². The normalized spacial score (nSPS) is 16.9. The van der Waals surface area contributed by atoms with E-state index in [0.29, 0.717) is 16.6 Å². The maximum atomic E-state index is 12.7. The second-order valence-electron chi connectivity index (χ2n) is 5.85. The Morgan fingerprint density at radius 2 is 2.24 bits per heavy atom. The van der Waals surface area contributed by atoms with E-state index in [4.69, 9.17) is 4.74 Å². The van der Waals surface area contributed by atoms with Crippen LogP contribution in [0.1, 0.15) is 22.3 Å². The molecule has 0 unspecified atom stereocenters. The first-order valence-corrected chi connectivity index (χ1v) is 10.0. The molecule has 1 saturated heterocycles. The molecule has 0 bridgehead atoms. The quantitative estimate of drug-likeness (QED) is 0.747. The minimum absolute atomic E-state index is 0.122. The number of benzene rings is 1. The molecular formula is C18H17N3O2S2. The van der Waals surface area contributed by atoms with Crippen molar-refractivity contribution in [1.29, 1.82) is 0 Å². The predicted octanol–water partition coefficient (Wildman–Crippen LogP) is 4.14. The lowest BCUT2D eigenvalue weighted by molar-refractivity contribution is 0.101. The summed E-state index contributed by atoms with van der Waals surface area (Å²) in [5, 5.41) is 3.47. The van der Waals surface area contributed by atoms with Gasteiger partial charge in [-0.05, 0) is 42.9 Å². The van der Waals surface area contributed by atoms with E-state index in [1.165, 1.54) is 11.3 Å². The Morgan fingerprint density at radius 1 is 1.32 bits per heavy atom. The number of fused-ring (bicyclic) bond motifs is 1. The van der Waals surface area contributed by atoms with Gasteiger partial charge in [-0.1, -0.05) is 23.5 Å². The van der Waals surface area contributed by atoms with Crippen LogP contribution in [0.2, 0.25) is 0 Å². The molecule has 3 heterocycles. The predicted molar refractivity (Wildman–Crippen MR) is 103 cm³/mol. The molecule has 1 N–H and O–H groups in total. The number of amides is 1. The molecule has 1 amide bonds. The highest BCUT2D eigenvalue weighted by Gasteiger charge is 2.22. The molecule has 0 radical (unpaired) electrons. The van der Waals surface area contributed by atoms with Crippen LogP contribution in [0.4, 0.5) is 5.13 Å². The van der Waals surface area contributed by atoms with Gasteiger partial charge in [0.05, 0.1) is 10.2 Å². The number of anilines is 1. The van der Waals surface area contributed by atoms with E-state index in [0.717, 1.165) is 33.7 Å². The number of ether oxygens (including phenoxy) is 1. The molecule has 4 rings (SSSR count). The lowest BCUT2D eigenvalue weighted by atomic mass is 10.2. The molecule has 1 aliphatic heterocycles. The summed E-state index contributed by atoms with van der Waals surface area (Å²) >= 11 is 3.33. The number of hydrogen-bond donors (Lipinski definition) is 1. The molecule has 128 valence electrons. The summed E-state index contributed by atoms with van der Waals surface area (Å²) in [5.74, 6) is 2.18. The maximum absolute atomic E-state index is 12.7. The third kappa shape index (κ3) is 3.48. The smallest absolute Gasteiger partial charge is 0.262 e. The number of thiazole rings is 1. The second kappa shape index (κ2) is 7.01. The van der Waals surface area contributed by atoms with Crippen molar-refractivity contribution in [2.75, 3.05) is 16.8 Å². The minimum atomic E-state index is -0.245. The van der Waals surface area contributed by atoms with Crippen LogP contribution in [0.25, 0.3) is 10.2 Å². The molecule has 1 aliphatic rings. The fourth-order valence-electron chi connectivity index (χ4n) is 2.73. The topological polar surface area (TPSA) is 64.1 Å². The van der Waals surface area contributed by atoms with Crippen molar-refractivity contribution >= 4 is 44.4 Å². The average Bonchev–Trinajstić information content (AvgIpc) is 3.25. The van der Waals surface area contributed by atoms with Gasteiger partial charge in [0.15, 0.2) is 5.13 Å². The number of carbonyl (C=O) groups is 1. The van der Waals surface area contributed by atoms with Gasteiger partial charge < -0.3 is 4.74 Å². The van der Waals surface area contributed by atoms with E-state index in [1.807, 2.05) is 36.9 Å². The average molecular weight is 371 g/mol. The third-order valence-electron chi connectivity index (χ3n) is 4.02. The highest BCUT2D eigenvalue weighted by Crippen LogP contribution is 2.29. The van der Waals surface area contributed by atoms with Crippen LogP contribution in [0.5, 0.6) is 5.88 Å². The SMILES string of the molecule is Cc1cccc2sc(NC(=O)c3cccnc3O[C@H]3CCSC3)nc12. The van der Waals surface area contributed by atoms with Crippen molar-refractivity contribution in [3.05, 3.63) is 47.7 Å². The number of thioether (sulfide) groups is 1. The van der Waals surface area contributed by atoms with Gasteiger partial charge in [0.1, 0.15) is 11.7 Å². The molecule has 25 heavy (non-hydrogen) atoms. The summed E-state index contributed by atoms with van der Waals surface area (Å²) in [5.41, 5.74) is 2.46. The third-order valence-corrected chi connectivity index (χ3v) is 6.09. The minimum Gasteiger partial charge on any atom is -0.473 e. The number of pyridine rings is 1. The Kier molecular flexibility index (Phi) is 4.59. The van der Waals surface area contributed by atoms with Crippen molar-refractivity contribution in [3.63, 3.8) is 0 Å². The van der Waals surface area contributed by atoms with Crippen LogP contribution in [-0.4, -0.2) is 33.5 Å². The maximum Gasteiger partial charge on any atom is 0.262 e. The monoisotopic (exact) mass is 371 g/mol. The highest BCUT2D eigenvalue weighted by molar-refractivity contribution is 7.99. The van der Waals surface area contributed by atoms with Crippen LogP contribution >= 0.6 is 23.1 Å². The van der Waals surface area contributed by atoms with Crippen molar-refractivity contribution in [3.8, 4) is 5.88 Å². The molecule has 1 fully saturated rings. The molecule has 0 saturated carbocycles. The van der Waals surface area contributed by atoms with Gasteiger partial charge in [0.2, 0.25) is 5.88 Å². The first kappa shape index (κ1) is 16.4. The first-order chi connectivity index (χ1) is 12.2. The highest BCUT2D eigenvalue weighted by atomic mass is 32.2. The Hall–Kier alpha value is -2.12. The Balaban J connectivity index is 1.56. The van der Waals surface area contributed by atoms with Crippen molar-refractivity contribution in [1.82, 2.24) is 9.97 Å². The number of aryl methyl sites for hydroxylation is 1. The van der Waals surface area contributed by atoms with Crippen molar-refractivity contribution in [2.45, 2.75) is 19.4 Å². The molecule has 3 aromatic rings. The number of nitrogens with one attached hydrogen (secondary N) is 1. The van der Waals surface area contributed by atoms with Gasteiger partial charge in [-0.3, -0.25) is 10.1 Å². The molecule has 1 atom stereocenters. The summed E-state index contributed by atoms with van der Waals surface area (Å²) in [6.07, 6.45) is 2.76. The summed E-state index contributed by atoms with van der Waals surface area (Å²) in [7, 11) is 0. The molecule has 2 aromatic heterocycles. The number of hydrogen-bond acceptors (Lipinski definition) is 6. The largest absolute Gasteiger partial charge is 0.473 e. The number of aromatic nitrogens is 2. The number of rotatable bonds is 4. The summed E-state index contributed by atoms with van der Waals surface area (Å²) < 4.78 is 6.99. The molecule has 1 aromatic carbocycles. The fourth-order valence-corrected chi connectivity index (χ4v) is 4.76. The van der Waals surface area contributed by atoms with Crippen molar-refractivity contribution in [2.24, 2.45) is 0 Å². The van der Waals surface area contributed by atoms with Crippen LogP contribution in [-0.2, 0) is 0 Å². The van der Waals surface area contributed by atoms with Gasteiger partial charge in [-0.15, -0.1) is 0 Å². The molecule has 0 spiro atoms.